The Morgan fingerprint density at radius 2 is 2.06 bits per heavy atom. The maximum absolute atomic E-state index is 6.29. The van der Waals surface area contributed by atoms with Gasteiger partial charge in [-0.2, -0.15) is 0 Å². The van der Waals surface area contributed by atoms with E-state index >= 15 is 0 Å². The maximum Gasteiger partial charge on any atom is 0.127 e. The summed E-state index contributed by atoms with van der Waals surface area (Å²) in [5, 5.41) is 3.35. The summed E-state index contributed by atoms with van der Waals surface area (Å²) in [6.45, 7) is 2.02. The highest BCUT2D eigenvalue weighted by Gasteiger charge is 2.17. The number of rotatable bonds is 2. The second-order valence-electron chi connectivity index (χ2n) is 4.13. The monoisotopic (exact) mass is 243 g/mol. The van der Waals surface area contributed by atoms with Crippen LogP contribution in [0.15, 0.2) is 46.4 Å². The molecule has 0 saturated carbocycles. The lowest BCUT2D eigenvalue weighted by atomic mass is 10.0. The molecule has 86 valence electrons. The fourth-order valence-corrected chi connectivity index (χ4v) is 3.08. The molecule has 0 spiro atoms. The van der Waals surface area contributed by atoms with Gasteiger partial charge in [-0.1, -0.05) is 18.2 Å². The summed E-state index contributed by atoms with van der Waals surface area (Å²) in [7, 11) is 0. The van der Waals surface area contributed by atoms with E-state index < -0.39 is 0 Å². The molecule has 0 aliphatic heterocycles. The molecule has 0 aliphatic rings. The smallest absolute Gasteiger partial charge is 0.127 e. The highest BCUT2D eigenvalue weighted by atomic mass is 32.1. The van der Waals surface area contributed by atoms with E-state index in [0.29, 0.717) is 0 Å². The van der Waals surface area contributed by atoms with Crippen LogP contribution in [0.3, 0.4) is 0 Å². The predicted molar refractivity (Wildman–Crippen MR) is 71.3 cm³/mol. The van der Waals surface area contributed by atoms with Gasteiger partial charge in [-0.25, -0.2) is 0 Å². The fraction of sp³-hybridized carbons (Fsp3) is 0.143. The first-order chi connectivity index (χ1) is 8.27. The molecule has 1 unspecified atom stereocenters. The van der Waals surface area contributed by atoms with E-state index in [1.165, 1.54) is 10.1 Å². The molecule has 2 aromatic heterocycles. The molecule has 1 aromatic carbocycles. The van der Waals surface area contributed by atoms with Gasteiger partial charge in [-0.15, -0.1) is 11.3 Å². The van der Waals surface area contributed by atoms with Crippen LogP contribution in [0.25, 0.3) is 10.1 Å². The van der Waals surface area contributed by atoms with Crippen molar-refractivity contribution in [1.29, 1.82) is 0 Å². The number of nitrogens with two attached hydrogens (primary N) is 1. The Kier molecular flexibility index (Phi) is 2.50. The molecular weight excluding hydrogens is 230 g/mol. The molecule has 17 heavy (non-hydrogen) atoms. The Hall–Kier alpha value is -1.58. The lowest BCUT2D eigenvalue weighted by Gasteiger charge is -2.09. The minimum atomic E-state index is -0.179. The number of furan rings is 1. The van der Waals surface area contributed by atoms with Crippen molar-refractivity contribution < 1.29 is 4.42 Å². The van der Waals surface area contributed by atoms with E-state index in [9.17, 15) is 0 Å². The van der Waals surface area contributed by atoms with Crippen molar-refractivity contribution in [3.8, 4) is 0 Å². The Morgan fingerprint density at radius 1 is 1.24 bits per heavy atom. The van der Waals surface area contributed by atoms with Gasteiger partial charge in [-0.05, 0) is 40.9 Å². The van der Waals surface area contributed by atoms with Crippen LogP contribution in [0.2, 0.25) is 0 Å². The zero-order valence-electron chi connectivity index (χ0n) is 9.51. The fourth-order valence-electron chi connectivity index (χ4n) is 2.08. The molecule has 3 heteroatoms. The molecule has 2 N–H and O–H groups in total. The molecule has 2 nitrogen and oxygen atoms in total. The summed E-state index contributed by atoms with van der Waals surface area (Å²) in [6.07, 6.45) is 1.69. The van der Waals surface area contributed by atoms with E-state index in [1.807, 2.05) is 25.1 Å². The number of hydrogen-bond acceptors (Lipinski definition) is 3. The van der Waals surface area contributed by atoms with Crippen molar-refractivity contribution in [3.05, 3.63) is 58.9 Å². The molecular formula is C14H13NOS. The molecule has 3 aromatic rings. The Labute approximate surface area is 104 Å². The van der Waals surface area contributed by atoms with E-state index in [4.69, 9.17) is 10.2 Å². The lowest BCUT2D eigenvalue weighted by molar-refractivity contribution is 0.488. The van der Waals surface area contributed by atoms with Crippen molar-refractivity contribution in [2.45, 2.75) is 13.0 Å². The van der Waals surface area contributed by atoms with Gasteiger partial charge < -0.3 is 10.2 Å². The molecule has 0 radical (unpaired) electrons. The van der Waals surface area contributed by atoms with Crippen LogP contribution in [0, 0.1) is 6.92 Å². The molecule has 1 atom stereocenters. The lowest BCUT2D eigenvalue weighted by Crippen LogP contribution is -2.11. The minimum absolute atomic E-state index is 0.179. The van der Waals surface area contributed by atoms with Crippen LogP contribution in [-0.4, -0.2) is 0 Å². The Morgan fingerprint density at radius 3 is 2.82 bits per heavy atom. The van der Waals surface area contributed by atoms with Gasteiger partial charge in [0.15, 0.2) is 0 Å². The molecule has 0 amide bonds. The van der Waals surface area contributed by atoms with E-state index in [-0.39, 0.29) is 6.04 Å². The molecule has 0 bridgehead atoms. The van der Waals surface area contributed by atoms with Gasteiger partial charge in [0.1, 0.15) is 5.76 Å². The first-order valence-electron chi connectivity index (χ1n) is 5.53. The topological polar surface area (TPSA) is 39.2 Å². The number of fused-ring (bicyclic) bond motifs is 1. The minimum Gasteiger partial charge on any atom is -0.467 e. The van der Waals surface area contributed by atoms with E-state index in [0.717, 1.165) is 16.9 Å². The summed E-state index contributed by atoms with van der Waals surface area (Å²) in [4.78, 5) is 0. The van der Waals surface area contributed by atoms with Crippen molar-refractivity contribution in [3.63, 3.8) is 0 Å². The van der Waals surface area contributed by atoms with Gasteiger partial charge in [0.2, 0.25) is 0 Å². The van der Waals surface area contributed by atoms with Crippen LogP contribution < -0.4 is 5.73 Å². The number of aryl methyl sites for hydroxylation is 1. The van der Waals surface area contributed by atoms with Crippen molar-refractivity contribution in [1.82, 2.24) is 0 Å². The first-order valence-corrected chi connectivity index (χ1v) is 6.41. The number of benzene rings is 1. The second-order valence-corrected chi connectivity index (χ2v) is 5.04. The SMILES string of the molecule is Cc1ccoc1C(N)c1csc2ccccc12. The molecule has 0 saturated heterocycles. The van der Waals surface area contributed by atoms with Crippen LogP contribution >= 0.6 is 11.3 Å². The zero-order valence-corrected chi connectivity index (χ0v) is 10.3. The van der Waals surface area contributed by atoms with Crippen LogP contribution in [0.4, 0.5) is 0 Å². The van der Waals surface area contributed by atoms with Gasteiger partial charge in [0.25, 0.3) is 0 Å². The van der Waals surface area contributed by atoms with E-state index in [2.05, 4.69) is 17.5 Å². The third kappa shape index (κ3) is 1.68. The quantitative estimate of drug-likeness (QED) is 0.742. The second kappa shape index (κ2) is 4.02. The third-order valence-electron chi connectivity index (χ3n) is 3.03. The largest absolute Gasteiger partial charge is 0.467 e. The molecule has 2 heterocycles. The summed E-state index contributed by atoms with van der Waals surface area (Å²) >= 11 is 1.72. The first kappa shape index (κ1) is 10.6. The van der Waals surface area contributed by atoms with Crippen molar-refractivity contribution in [2.24, 2.45) is 5.73 Å². The maximum atomic E-state index is 6.29. The normalized spacial score (nSPS) is 13.1. The zero-order chi connectivity index (χ0) is 11.8. The molecule has 0 aliphatic carbocycles. The van der Waals surface area contributed by atoms with E-state index in [1.54, 1.807) is 17.6 Å². The van der Waals surface area contributed by atoms with Gasteiger partial charge in [0, 0.05) is 4.70 Å². The summed E-state index contributed by atoms with van der Waals surface area (Å²) in [6, 6.07) is 10.1. The van der Waals surface area contributed by atoms with Crippen molar-refractivity contribution >= 4 is 21.4 Å². The van der Waals surface area contributed by atoms with Gasteiger partial charge in [-0.3, -0.25) is 0 Å². The summed E-state index contributed by atoms with van der Waals surface area (Å²) in [5.74, 6) is 0.855. The van der Waals surface area contributed by atoms with Gasteiger partial charge >= 0.3 is 0 Å². The van der Waals surface area contributed by atoms with Crippen molar-refractivity contribution in [2.75, 3.05) is 0 Å². The average molecular weight is 243 g/mol. The third-order valence-corrected chi connectivity index (χ3v) is 4.01. The Balaban J connectivity index is 2.13. The highest BCUT2D eigenvalue weighted by molar-refractivity contribution is 7.17. The van der Waals surface area contributed by atoms with Crippen LogP contribution in [0.1, 0.15) is 22.9 Å². The standard InChI is InChI=1S/C14H13NOS/c1-9-6-7-16-14(9)13(15)11-8-17-12-5-3-2-4-10(11)12/h2-8,13H,15H2,1H3. The predicted octanol–water partition coefficient (Wildman–Crippen LogP) is 3.85. The molecule has 3 rings (SSSR count). The number of hydrogen-bond donors (Lipinski definition) is 1. The van der Waals surface area contributed by atoms with Gasteiger partial charge in [0.05, 0.1) is 12.3 Å². The molecule has 0 fully saturated rings. The van der Waals surface area contributed by atoms with Crippen LogP contribution in [-0.2, 0) is 0 Å². The Bertz CT molecular complexity index is 653. The van der Waals surface area contributed by atoms with Crippen LogP contribution in [0.5, 0.6) is 0 Å². The summed E-state index contributed by atoms with van der Waals surface area (Å²) in [5.41, 5.74) is 8.53. The average Bonchev–Trinajstić information content (AvgIpc) is 2.94. The number of thiophene rings is 1. The summed E-state index contributed by atoms with van der Waals surface area (Å²) < 4.78 is 6.74. The highest BCUT2D eigenvalue weighted by Crippen LogP contribution is 2.33.